The molecule has 1 heterocycles. The average Bonchev–Trinajstić information content (AvgIpc) is 2.97. The monoisotopic (exact) mass is 381 g/mol. The minimum Gasteiger partial charge on any atom is -0.497 e. The summed E-state index contributed by atoms with van der Waals surface area (Å²) in [5.74, 6) is -0.160. The number of nitrogens with zero attached hydrogens (tertiary/aromatic N) is 1. The number of rotatable bonds is 7. The number of hydrogen-bond acceptors (Lipinski definition) is 6. The number of carbonyl (C=O) groups is 3. The molecule has 1 aliphatic heterocycles. The summed E-state index contributed by atoms with van der Waals surface area (Å²) in [6, 6.07) is 11.8. The third-order valence-corrected chi connectivity index (χ3v) is 4.28. The highest BCUT2D eigenvalue weighted by atomic mass is 16.5. The number of amides is 2. The quantitative estimate of drug-likeness (QED) is 0.416. The number of methoxy groups -OCH3 is 2. The molecule has 1 aliphatic rings. The molecular weight excluding hydrogens is 362 g/mol. The Hall–Kier alpha value is -3.61. The fraction of sp³-hybridized carbons (Fsp3) is 0.190. The maximum atomic E-state index is 12.2. The highest BCUT2D eigenvalue weighted by Gasteiger charge is 2.34. The molecule has 3 rings (SSSR count). The second kappa shape index (κ2) is 8.39. The van der Waals surface area contributed by atoms with Crippen LogP contribution in [0.15, 0.2) is 48.5 Å². The van der Waals surface area contributed by atoms with E-state index in [1.165, 1.54) is 13.2 Å². The fourth-order valence-electron chi connectivity index (χ4n) is 2.84. The summed E-state index contributed by atoms with van der Waals surface area (Å²) in [5, 5.41) is 0. The molecule has 0 fully saturated rings. The second-order valence-corrected chi connectivity index (χ2v) is 5.92. The van der Waals surface area contributed by atoms with E-state index < -0.39 is 5.97 Å². The molecule has 0 radical (unpaired) electrons. The zero-order chi connectivity index (χ0) is 20.1. The standard InChI is InChI=1S/C21H19NO6/c1-26-15-9-7-14(18(13-15)27-2)8-10-19(23)28-12-11-22-20(24)16-5-3-4-6-17(16)21(22)25/h3-10,13H,11-12H2,1-2H3. The summed E-state index contributed by atoms with van der Waals surface area (Å²) >= 11 is 0. The molecule has 0 saturated carbocycles. The van der Waals surface area contributed by atoms with Gasteiger partial charge in [-0.25, -0.2) is 4.79 Å². The van der Waals surface area contributed by atoms with Crippen molar-refractivity contribution in [1.82, 2.24) is 4.90 Å². The molecule has 0 aliphatic carbocycles. The molecule has 0 N–H and O–H groups in total. The lowest BCUT2D eigenvalue weighted by Crippen LogP contribution is -2.33. The smallest absolute Gasteiger partial charge is 0.330 e. The lowest BCUT2D eigenvalue weighted by molar-refractivity contribution is -0.137. The lowest BCUT2D eigenvalue weighted by Gasteiger charge is -2.13. The van der Waals surface area contributed by atoms with Crippen LogP contribution in [-0.4, -0.2) is 50.1 Å². The molecule has 0 spiro atoms. The van der Waals surface area contributed by atoms with Crippen LogP contribution in [0.4, 0.5) is 0 Å². The van der Waals surface area contributed by atoms with Crippen LogP contribution in [0.5, 0.6) is 11.5 Å². The number of benzene rings is 2. The summed E-state index contributed by atoms with van der Waals surface area (Å²) in [4.78, 5) is 37.5. The molecule has 2 amide bonds. The van der Waals surface area contributed by atoms with E-state index in [0.717, 1.165) is 4.90 Å². The minimum atomic E-state index is -0.588. The van der Waals surface area contributed by atoms with Crippen LogP contribution in [0.3, 0.4) is 0 Å². The Labute approximate surface area is 162 Å². The van der Waals surface area contributed by atoms with Gasteiger partial charge in [-0.2, -0.15) is 0 Å². The summed E-state index contributed by atoms with van der Waals surface area (Å²) in [6.45, 7) is -0.0911. The van der Waals surface area contributed by atoms with Crippen molar-refractivity contribution >= 4 is 23.9 Å². The Bertz CT molecular complexity index is 915. The van der Waals surface area contributed by atoms with E-state index in [9.17, 15) is 14.4 Å². The van der Waals surface area contributed by atoms with Gasteiger partial charge < -0.3 is 14.2 Å². The molecule has 0 bridgehead atoms. The number of hydrogen-bond donors (Lipinski definition) is 0. The summed E-state index contributed by atoms with van der Waals surface area (Å²) in [6.07, 6.45) is 2.81. The van der Waals surface area contributed by atoms with E-state index in [4.69, 9.17) is 14.2 Å². The maximum Gasteiger partial charge on any atom is 0.330 e. The van der Waals surface area contributed by atoms with Crippen LogP contribution in [0.1, 0.15) is 26.3 Å². The third kappa shape index (κ3) is 3.88. The summed E-state index contributed by atoms with van der Waals surface area (Å²) in [5.41, 5.74) is 1.41. The van der Waals surface area contributed by atoms with Crippen molar-refractivity contribution in [3.8, 4) is 11.5 Å². The Kier molecular flexibility index (Phi) is 5.74. The maximum absolute atomic E-state index is 12.2. The van der Waals surface area contributed by atoms with Gasteiger partial charge in [-0.15, -0.1) is 0 Å². The van der Waals surface area contributed by atoms with E-state index in [-0.39, 0.29) is 25.0 Å². The van der Waals surface area contributed by atoms with E-state index in [1.54, 1.807) is 55.7 Å². The summed E-state index contributed by atoms with van der Waals surface area (Å²) < 4.78 is 15.5. The predicted molar refractivity (Wildman–Crippen MR) is 101 cm³/mol. The first-order valence-electron chi connectivity index (χ1n) is 8.57. The van der Waals surface area contributed by atoms with Gasteiger partial charge in [0, 0.05) is 17.7 Å². The number of ether oxygens (including phenoxy) is 3. The normalized spacial score (nSPS) is 13.0. The van der Waals surface area contributed by atoms with Gasteiger partial charge in [-0.1, -0.05) is 12.1 Å². The van der Waals surface area contributed by atoms with Crippen molar-refractivity contribution in [3.05, 3.63) is 65.2 Å². The topological polar surface area (TPSA) is 82.1 Å². The SMILES string of the molecule is COc1ccc(C=CC(=O)OCCN2C(=O)c3ccccc3C2=O)c(OC)c1. The Balaban J connectivity index is 1.55. The number of fused-ring (bicyclic) bond motifs is 1. The van der Waals surface area contributed by atoms with Crippen molar-refractivity contribution in [2.24, 2.45) is 0 Å². The van der Waals surface area contributed by atoms with Crippen molar-refractivity contribution in [2.45, 2.75) is 0 Å². The van der Waals surface area contributed by atoms with Crippen LogP contribution in [0.2, 0.25) is 0 Å². The number of imide groups is 1. The van der Waals surface area contributed by atoms with Gasteiger partial charge in [0.25, 0.3) is 11.8 Å². The molecule has 2 aromatic carbocycles. The second-order valence-electron chi connectivity index (χ2n) is 5.92. The van der Waals surface area contributed by atoms with Gasteiger partial charge in [0.05, 0.1) is 31.9 Å². The van der Waals surface area contributed by atoms with Crippen LogP contribution in [-0.2, 0) is 9.53 Å². The third-order valence-electron chi connectivity index (χ3n) is 4.28. The lowest BCUT2D eigenvalue weighted by atomic mass is 10.1. The molecule has 28 heavy (non-hydrogen) atoms. The highest BCUT2D eigenvalue weighted by Crippen LogP contribution is 2.25. The molecule has 0 atom stereocenters. The molecule has 0 aromatic heterocycles. The van der Waals surface area contributed by atoms with Gasteiger partial charge in [0.15, 0.2) is 0 Å². The molecule has 7 heteroatoms. The van der Waals surface area contributed by atoms with Gasteiger partial charge in [0.2, 0.25) is 0 Å². The van der Waals surface area contributed by atoms with Crippen molar-refractivity contribution in [1.29, 1.82) is 0 Å². The first kappa shape index (κ1) is 19.2. The van der Waals surface area contributed by atoms with Crippen molar-refractivity contribution < 1.29 is 28.6 Å². The fourth-order valence-corrected chi connectivity index (χ4v) is 2.84. The Morgan fingerprint density at radius 2 is 1.68 bits per heavy atom. The van der Waals surface area contributed by atoms with E-state index in [0.29, 0.717) is 28.2 Å². The zero-order valence-electron chi connectivity index (χ0n) is 15.5. The predicted octanol–water partition coefficient (Wildman–Crippen LogP) is 2.56. The van der Waals surface area contributed by atoms with Crippen LogP contribution in [0.25, 0.3) is 6.08 Å². The summed E-state index contributed by atoms with van der Waals surface area (Å²) in [7, 11) is 3.07. The van der Waals surface area contributed by atoms with Crippen LogP contribution < -0.4 is 9.47 Å². The zero-order valence-corrected chi connectivity index (χ0v) is 15.5. The van der Waals surface area contributed by atoms with Crippen LogP contribution >= 0.6 is 0 Å². The van der Waals surface area contributed by atoms with Gasteiger partial charge in [-0.05, 0) is 30.3 Å². The Morgan fingerprint density at radius 3 is 2.29 bits per heavy atom. The van der Waals surface area contributed by atoms with Crippen LogP contribution in [0, 0.1) is 0 Å². The number of esters is 1. The van der Waals surface area contributed by atoms with E-state index in [1.807, 2.05) is 0 Å². The van der Waals surface area contributed by atoms with Gasteiger partial charge >= 0.3 is 5.97 Å². The Morgan fingerprint density at radius 1 is 1.00 bits per heavy atom. The molecule has 7 nitrogen and oxygen atoms in total. The minimum absolute atomic E-state index is 0.00220. The first-order valence-corrected chi connectivity index (χ1v) is 8.57. The van der Waals surface area contributed by atoms with Crippen molar-refractivity contribution in [3.63, 3.8) is 0 Å². The average molecular weight is 381 g/mol. The molecular formula is C21H19NO6. The molecule has 0 unspecified atom stereocenters. The largest absolute Gasteiger partial charge is 0.497 e. The molecule has 0 saturated heterocycles. The highest BCUT2D eigenvalue weighted by molar-refractivity contribution is 6.21. The first-order chi connectivity index (χ1) is 13.5. The van der Waals surface area contributed by atoms with E-state index >= 15 is 0 Å². The van der Waals surface area contributed by atoms with E-state index in [2.05, 4.69) is 0 Å². The van der Waals surface area contributed by atoms with Gasteiger partial charge in [0.1, 0.15) is 18.1 Å². The number of carbonyl (C=O) groups excluding carboxylic acids is 3. The van der Waals surface area contributed by atoms with Gasteiger partial charge in [-0.3, -0.25) is 14.5 Å². The molecule has 2 aromatic rings. The molecule has 144 valence electrons. The van der Waals surface area contributed by atoms with Crippen molar-refractivity contribution in [2.75, 3.05) is 27.4 Å².